The van der Waals surface area contributed by atoms with Gasteiger partial charge in [0.25, 0.3) is 0 Å². The monoisotopic (exact) mass is 247 g/mol. The molecular weight excluding hydrogens is 234 g/mol. The SMILES string of the molecule is C[C@@H](NC(=O)NCc1ccc(C#N)cc1)C(=O)O. The highest BCUT2D eigenvalue weighted by Crippen LogP contribution is 2.02. The third-order valence-corrected chi connectivity index (χ3v) is 2.25. The molecule has 2 amide bonds. The van der Waals surface area contributed by atoms with Crippen LogP contribution in [0.2, 0.25) is 0 Å². The first kappa shape index (κ1) is 13.5. The van der Waals surface area contributed by atoms with Crippen LogP contribution in [-0.2, 0) is 11.3 Å². The molecule has 1 atom stereocenters. The number of hydrogen-bond acceptors (Lipinski definition) is 3. The molecule has 1 rings (SSSR count). The highest BCUT2D eigenvalue weighted by molar-refractivity contribution is 5.82. The van der Waals surface area contributed by atoms with Gasteiger partial charge in [0.2, 0.25) is 0 Å². The van der Waals surface area contributed by atoms with E-state index in [9.17, 15) is 9.59 Å². The lowest BCUT2D eigenvalue weighted by molar-refractivity contribution is -0.138. The number of benzene rings is 1. The number of nitriles is 1. The molecule has 0 bridgehead atoms. The number of urea groups is 1. The molecule has 0 aromatic heterocycles. The van der Waals surface area contributed by atoms with Gasteiger partial charge in [-0.15, -0.1) is 0 Å². The number of amides is 2. The van der Waals surface area contributed by atoms with Gasteiger partial charge in [-0.05, 0) is 24.6 Å². The van der Waals surface area contributed by atoms with Crippen LogP contribution >= 0.6 is 0 Å². The van der Waals surface area contributed by atoms with Crippen molar-refractivity contribution in [1.82, 2.24) is 10.6 Å². The van der Waals surface area contributed by atoms with Gasteiger partial charge in [0.05, 0.1) is 11.6 Å². The number of carboxylic acids is 1. The molecule has 0 saturated heterocycles. The lowest BCUT2D eigenvalue weighted by Crippen LogP contribution is -2.44. The fraction of sp³-hybridized carbons (Fsp3) is 0.250. The first-order chi connectivity index (χ1) is 8.52. The van der Waals surface area contributed by atoms with E-state index >= 15 is 0 Å². The van der Waals surface area contributed by atoms with Crippen molar-refractivity contribution in [3.63, 3.8) is 0 Å². The zero-order valence-corrected chi connectivity index (χ0v) is 9.80. The minimum Gasteiger partial charge on any atom is -0.480 e. The molecule has 0 fully saturated rings. The molecule has 94 valence electrons. The van der Waals surface area contributed by atoms with Crippen molar-refractivity contribution in [3.8, 4) is 6.07 Å². The fourth-order valence-electron chi connectivity index (χ4n) is 1.19. The average Bonchev–Trinajstić information content (AvgIpc) is 2.36. The summed E-state index contributed by atoms with van der Waals surface area (Å²) in [7, 11) is 0. The van der Waals surface area contributed by atoms with Crippen molar-refractivity contribution in [1.29, 1.82) is 5.26 Å². The third-order valence-electron chi connectivity index (χ3n) is 2.25. The molecule has 0 heterocycles. The number of carbonyl (C=O) groups excluding carboxylic acids is 1. The maximum absolute atomic E-state index is 11.3. The Morgan fingerprint density at radius 2 is 2.00 bits per heavy atom. The molecule has 0 aliphatic rings. The Bertz CT molecular complexity index is 476. The van der Waals surface area contributed by atoms with Gasteiger partial charge in [-0.1, -0.05) is 12.1 Å². The van der Waals surface area contributed by atoms with E-state index in [0.717, 1.165) is 5.56 Å². The second-order valence-corrected chi connectivity index (χ2v) is 3.70. The van der Waals surface area contributed by atoms with Gasteiger partial charge >= 0.3 is 12.0 Å². The minimum absolute atomic E-state index is 0.268. The zero-order chi connectivity index (χ0) is 13.5. The molecule has 6 nitrogen and oxygen atoms in total. The van der Waals surface area contributed by atoms with Crippen LogP contribution in [0.4, 0.5) is 4.79 Å². The van der Waals surface area contributed by atoms with Crippen LogP contribution in [0.15, 0.2) is 24.3 Å². The van der Waals surface area contributed by atoms with Crippen LogP contribution in [-0.4, -0.2) is 23.1 Å². The van der Waals surface area contributed by atoms with Crippen LogP contribution in [0.3, 0.4) is 0 Å². The summed E-state index contributed by atoms with van der Waals surface area (Å²) in [4.78, 5) is 21.8. The lowest BCUT2D eigenvalue weighted by Gasteiger charge is -2.10. The Morgan fingerprint density at radius 3 is 2.50 bits per heavy atom. The standard InChI is InChI=1S/C12H13N3O3/c1-8(11(16)17)15-12(18)14-7-10-4-2-9(6-13)3-5-10/h2-5,8H,7H2,1H3,(H,16,17)(H2,14,15,18)/t8-/m1/s1. The summed E-state index contributed by atoms with van der Waals surface area (Å²) in [5.41, 5.74) is 1.37. The van der Waals surface area contributed by atoms with Crippen molar-refractivity contribution < 1.29 is 14.7 Å². The number of rotatable bonds is 4. The quantitative estimate of drug-likeness (QED) is 0.733. The summed E-state index contributed by atoms with van der Waals surface area (Å²) < 4.78 is 0. The smallest absolute Gasteiger partial charge is 0.325 e. The van der Waals surface area contributed by atoms with Crippen LogP contribution in [0.1, 0.15) is 18.1 Å². The highest BCUT2D eigenvalue weighted by Gasteiger charge is 2.13. The van der Waals surface area contributed by atoms with Crippen LogP contribution in [0, 0.1) is 11.3 Å². The second kappa shape index (κ2) is 6.25. The average molecular weight is 247 g/mol. The maximum atomic E-state index is 11.3. The van der Waals surface area contributed by atoms with Gasteiger partial charge in [-0.3, -0.25) is 4.79 Å². The molecular formula is C12H13N3O3. The molecule has 3 N–H and O–H groups in total. The van der Waals surface area contributed by atoms with E-state index in [-0.39, 0.29) is 6.54 Å². The molecule has 6 heteroatoms. The predicted molar refractivity (Wildman–Crippen MR) is 63.6 cm³/mol. The number of nitrogens with zero attached hydrogens (tertiary/aromatic N) is 1. The molecule has 0 saturated carbocycles. The Hall–Kier alpha value is -2.55. The normalized spacial score (nSPS) is 11.1. The predicted octanol–water partition coefficient (Wildman–Crippen LogP) is 0.831. The van der Waals surface area contributed by atoms with Crippen molar-refractivity contribution in [2.75, 3.05) is 0 Å². The first-order valence-electron chi connectivity index (χ1n) is 5.29. The minimum atomic E-state index is -1.09. The second-order valence-electron chi connectivity index (χ2n) is 3.70. The number of nitrogens with one attached hydrogen (secondary N) is 2. The molecule has 0 aliphatic carbocycles. The summed E-state index contributed by atoms with van der Waals surface area (Å²) >= 11 is 0. The van der Waals surface area contributed by atoms with Crippen molar-refractivity contribution >= 4 is 12.0 Å². The summed E-state index contributed by atoms with van der Waals surface area (Å²) in [5.74, 6) is -1.09. The van der Waals surface area contributed by atoms with E-state index in [1.807, 2.05) is 6.07 Å². The van der Waals surface area contributed by atoms with E-state index < -0.39 is 18.0 Å². The fourth-order valence-corrected chi connectivity index (χ4v) is 1.19. The van der Waals surface area contributed by atoms with Gasteiger partial charge in [0, 0.05) is 6.54 Å². The van der Waals surface area contributed by atoms with Crippen LogP contribution in [0.5, 0.6) is 0 Å². The largest absolute Gasteiger partial charge is 0.480 e. The zero-order valence-electron chi connectivity index (χ0n) is 9.80. The molecule has 18 heavy (non-hydrogen) atoms. The highest BCUT2D eigenvalue weighted by atomic mass is 16.4. The number of aliphatic carboxylic acids is 1. The van der Waals surface area contributed by atoms with E-state index in [2.05, 4.69) is 10.6 Å². The molecule has 0 unspecified atom stereocenters. The number of hydrogen-bond donors (Lipinski definition) is 3. The van der Waals surface area contributed by atoms with E-state index in [0.29, 0.717) is 5.56 Å². The topological polar surface area (TPSA) is 102 Å². The maximum Gasteiger partial charge on any atom is 0.325 e. The number of carbonyl (C=O) groups is 2. The molecule has 0 spiro atoms. The Balaban J connectivity index is 2.43. The first-order valence-corrected chi connectivity index (χ1v) is 5.29. The van der Waals surface area contributed by atoms with Gasteiger partial charge in [-0.2, -0.15) is 5.26 Å². The van der Waals surface area contributed by atoms with Crippen molar-refractivity contribution in [2.45, 2.75) is 19.5 Å². The Labute approximate surface area is 104 Å². The van der Waals surface area contributed by atoms with Crippen LogP contribution < -0.4 is 10.6 Å². The van der Waals surface area contributed by atoms with Crippen molar-refractivity contribution in [2.24, 2.45) is 0 Å². The molecule has 1 aromatic rings. The third kappa shape index (κ3) is 4.14. The summed E-state index contributed by atoms with van der Waals surface area (Å²) in [5, 5.41) is 22.0. The van der Waals surface area contributed by atoms with E-state index in [1.54, 1.807) is 24.3 Å². The summed E-state index contributed by atoms with van der Waals surface area (Å²) in [6.07, 6.45) is 0. The summed E-state index contributed by atoms with van der Waals surface area (Å²) in [6, 6.07) is 7.25. The van der Waals surface area contributed by atoms with Crippen LogP contribution in [0.25, 0.3) is 0 Å². The van der Waals surface area contributed by atoms with Gasteiger partial charge in [0.15, 0.2) is 0 Å². The molecule has 0 radical (unpaired) electrons. The molecule has 0 aliphatic heterocycles. The number of carboxylic acid groups (broad SMARTS) is 1. The van der Waals surface area contributed by atoms with E-state index in [1.165, 1.54) is 6.92 Å². The lowest BCUT2D eigenvalue weighted by atomic mass is 10.1. The van der Waals surface area contributed by atoms with Gasteiger partial charge in [0.1, 0.15) is 6.04 Å². The molecule has 1 aromatic carbocycles. The van der Waals surface area contributed by atoms with Crippen molar-refractivity contribution in [3.05, 3.63) is 35.4 Å². The Morgan fingerprint density at radius 1 is 1.39 bits per heavy atom. The van der Waals surface area contributed by atoms with Gasteiger partial charge < -0.3 is 15.7 Å². The summed E-state index contributed by atoms with van der Waals surface area (Å²) in [6.45, 7) is 1.65. The van der Waals surface area contributed by atoms with Gasteiger partial charge in [-0.25, -0.2) is 4.79 Å². The Kier molecular flexibility index (Phi) is 4.69. The van der Waals surface area contributed by atoms with E-state index in [4.69, 9.17) is 10.4 Å².